The highest BCUT2D eigenvalue weighted by molar-refractivity contribution is 5.72. The molecule has 10 heteroatoms. The molecular formula is C33H28F3NO6. The van der Waals surface area contributed by atoms with Gasteiger partial charge in [-0.3, -0.25) is 9.69 Å². The first-order valence-electron chi connectivity index (χ1n) is 13.5. The molecule has 7 nitrogen and oxygen atoms in total. The number of rotatable bonds is 10. The highest BCUT2D eigenvalue weighted by atomic mass is 19.4. The summed E-state index contributed by atoms with van der Waals surface area (Å²) in [5.41, 5.74) is 1.22. The van der Waals surface area contributed by atoms with Gasteiger partial charge in [0, 0.05) is 5.56 Å². The Labute approximate surface area is 246 Å². The molecule has 0 aliphatic carbocycles. The summed E-state index contributed by atoms with van der Waals surface area (Å²) in [7, 11) is 0. The fourth-order valence-corrected chi connectivity index (χ4v) is 4.85. The van der Waals surface area contributed by atoms with Crippen LogP contribution in [-0.2, 0) is 35.3 Å². The molecule has 0 aromatic heterocycles. The second-order valence-electron chi connectivity index (χ2n) is 10.1. The number of halogens is 3. The van der Waals surface area contributed by atoms with E-state index in [0.29, 0.717) is 5.56 Å². The van der Waals surface area contributed by atoms with Gasteiger partial charge in [-0.1, -0.05) is 66.7 Å². The van der Waals surface area contributed by atoms with Crippen LogP contribution in [0.25, 0.3) is 0 Å². The molecule has 1 fully saturated rings. The molecule has 1 saturated heterocycles. The van der Waals surface area contributed by atoms with Gasteiger partial charge in [0.2, 0.25) is 0 Å². The number of nitrogens with zero attached hydrogens (tertiary/aromatic N) is 1. The smallest absolute Gasteiger partial charge is 0.416 e. The summed E-state index contributed by atoms with van der Waals surface area (Å²) in [6, 6.07) is 25.6. The Morgan fingerprint density at radius 3 is 2.23 bits per heavy atom. The standard InChI is InChI=1S/C33H28F3NO6/c1-21-31(24-10-6-3-7-11-24)43-32(40)37(21)19-25-18-26(33(34,35)36)13-15-27(25)42-29-16-23(17-30(38)39)12-14-28(29)41-20-22-8-4-2-5-9-22/h2-16,18,21,31H,17,19-20H2,1H3,(H,38,39)/t21-,31+/m0/s1. The van der Waals surface area contributed by atoms with Gasteiger partial charge in [-0.2, -0.15) is 13.2 Å². The fraction of sp³-hybridized carbons (Fsp3) is 0.212. The minimum atomic E-state index is -4.64. The molecule has 1 aliphatic heterocycles. The summed E-state index contributed by atoms with van der Waals surface area (Å²) in [4.78, 5) is 25.6. The maximum absolute atomic E-state index is 13.8. The van der Waals surface area contributed by atoms with Gasteiger partial charge in [0.25, 0.3) is 0 Å². The summed E-state index contributed by atoms with van der Waals surface area (Å²) in [6.45, 7) is 1.71. The normalized spacial score (nSPS) is 16.6. The Bertz CT molecular complexity index is 1590. The zero-order chi connectivity index (χ0) is 30.6. The molecule has 222 valence electrons. The van der Waals surface area contributed by atoms with E-state index >= 15 is 0 Å². The number of ether oxygens (including phenoxy) is 3. The third-order valence-electron chi connectivity index (χ3n) is 7.07. The first-order chi connectivity index (χ1) is 20.6. The first kappa shape index (κ1) is 29.5. The van der Waals surface area contributed by atoms with Crippen LogP contribution in [0.15, 0.2) is 97.1 Å². The molecule has 4 aromatic carbocycles. The third kappa shape index (κ3) is 7.09. The van der Waals surface area contributed by atoms with Gasteiger partial charge >= 0.3 is 18.2 Å². The summed E-state index contributed by atoms with van der Waals surface area (Å²) < 4.78 is 59.0. The summed E-state index contributed by atoms with van der Waals surface area (Å²) in [5, 5.41) is 9.30. The van der Waals surface area contributed by atoms with E-state index in [0.717, 1.165) is 23.3 Å². The number of alkyl halides is 3. The molecule has 5 rings (SSSR count). The van der Waals surface area contributed by atoms with E-state index in [1.54, 1.807) is 19.1 Å². The lowest BCUT2D eigenvalue weighted by Crippen LogP contribution is -2.31. The van der Waals surface area contributed by atoms with E-state index in [1.807, 2.05) is 60.7 Å². The zero-order valence-corrected chi connectivity index (χ0v) is 23.1. The Kier molecular flexibility index (Phi) is 8.56. The molecule has 1 aliphatic rings. The Morgan fingerprint density at radius 2 is 1.56 bits per heavy atom. The van der Waals surface area contributed by atoms with E-state index in [1.165, 1.54) is 17.0 Å². The number of carbonyl (C=O) groups excluding carboxylic acids is 1. The van der Waals surface area contributed by atoms with Crippen molar-refractivity contribution in [1.82, 2.24) is 4.90 Å². The number of aliphatic carboxylic acids is 1. The first-order valence-corrected chi connectivity index (χ1v) is 13.5. The number of carbonyl (C=O) groups is 2. The molecule has 0 bridgehead atoms. The van der Waals surface area contributed by atoms with Gasteiger partial charge in [0.15, 0.2) is 11.5 Å². The quantitative estimate of drug-likeness (QED) is 0.203. The van der Waals surface area contributed by atoms with Crippen molar-refractivity contribution in [3.63, 3.8) is 0 Å². The summed E-state index contributed by atoms with van der Waals surface area (Å²) in [6.07, 6.45) is -6.20. The van der Waals surface area contributed by atoms with Crippen LogP contribution in [0.4, 0.5) is 18.0 Å². The lowest BCUT2D eigenvalue weighted by Gasteiger charge is -2.23. The molecule has 1 amide bonds. The van der Waals surface area contributed by atoms with Crippen LogP contribution < -0.4 is 9.47 Å². The number of cyclic esters (lactones) is 1. The molecule has 0 unspecified atom stereocenters. The Balaban J connectivity index is 1.48. The van der Waals surface area contributed by atoms with Crippen molar-refractivity contribution in [1.29, 1.82) is 0 Å². The second-order valence-corrected chi connectivity index (χ2v) is 10.1. The van der Waals surface area contributed by atoms with E-state index in [2.05, 4.69) is 0 Å². The zero-order valence-electron chi connectivity index (χ0n) is 23.1. The number of hydrogen-bond acceptors (Lipinski definition) is 5. The van der Waals surface area contributed by atoms with Crippen molar-refractivity contribution in [3.8, 4) is 17.2 Å². The van der Waals surface area contributed by atoms with Crippen LogP contribution in [-0.4, -0.2) is 28.1 Å². The second kappa shape index (κ2) is 12.5. The highest BCUT2D eigenvalue weighted by Gasteiger charge is 2.40. The molecule has 2 atom stereocenters. The van der Waals surface area contributed by atoms with Crippen molar-refractivity contribution < 1.29 is 42.1 Å². The van der Waals surface area contributed by atoms with E-state index < -0.39 is 35.9 Å². The minimum Gasteiger partial charge on any atom is -0.485 e. The van der Waals surface area contributed by atoms with E-state index in [4.69, 9.17) is 14.2 Å². The largest absolute Gasteiger partial charge is 0.485 e. The van der Waals surface area contributed by atoms with Crippen LogP contribution in [0, 0.1) is 0 Å². The van der Waals surface area contributed by atoms with Crippen molar-refractivity contribution in [3.05, 3.63) is 125 Å². The number of hydrogen-bond donors (Lipinski definition) is 1. The van der Waals surface area contributed by atoms with Gasteiger partial charge in [0.1, 0.15) is 18.5 Å². The molecule has 0 spiro atoms. The lowest BCUT2D eigenvalue weighted by molar-refractivity contribution is -0.138. The molecular weight excluding hydrogens is 563 g/mol. The van der Waals surface area contributed by atoms with E-state index in [-0.39, 0.29) is 42.4 Å². The number of amides is 1. The van der Waals surface area contributed by atoms with Crippen LogP contribution in [0.3, 0.4) is 0 Å². The van der Waals surface area contributed by atoms with Crippen molar-refractivity contribution in [2.45, 2.75) is 44.8 Å². The molecule has 4 aromatic rings. The van der Waals surface area contributed by atoms with Crippen molar-refractivity contribution in [2.24, 2.45) is 0 Å². The average molecular weight is 592 g/mol. The minimum absolute atomic E-state index is 0.0493. The SMILES string of the molecule is C[C@H]1[C@H](c2ccccc2)OC(=O)N1Cc1cc(C(F)(F)F)ccc1Oc1cc(CC(=O)O)ccc1OCc1ccccc1. The number of carboxylic acid groups (broad SMARTS) is 1. The monoisotopic (exact) mass is 591 g/mol. The topological polar surface area (TPSA) is 85.3 Å². The Hall–Kier alpha value is -4.99. The number of benzene rings is 4. The maximum Gasteiger partial charge on any atom is 0.416 e. The summed E-state index contributed by atoms with van der Waals surface area (Å²) >= 11 is 0. The number of carboxylic acids is 1. The molecule has 1 heterocycles. The lowest BCUT2D eigenvalue weighted by atomic mass is 10.0. The van der Waals surface area contributed by atoms with Crippen LogP contribution >= 0.6 is 0 Å². The predicted molar refractivity (Wildman–Crippen MR) is 151 cm³/mol. The predicted octanol–water partition coefficient (Wildman–Crippen LogP) is 7.79. The van der Waals surface area contributed by atoms with Gasteiger partial charge in [-0.25, -0.2) is 4.79 Å². The highest BCUT2D eigenvalue weighted by Crippen LogP contribution is 2.40. The maximum atomic E-state index is 13.8. The van der Waals surface area contributed by atoms with Gasteiger partial charge in [-0.05, 0) is 53.9 Å². The van der Waals surface area contributed by atoms with Crippen LogP contribution in [0.5, 0.6) is 17.2 Å². The van der Waals surface area contributed by atoms with Crippen molar-refractivity contribution >= 4 is 12.1 Å². The van der Waals surface area contributed by atoms with E-state index in [9.17, 15) is 27.9 Å². The average Bonchev–Trinajstić information content (AvgIpc) is 3.26. The third-order valence-corrected chi connectivity index (χ3v) is 7.07. The fourth-order valence-electron chi connectivity index (χ4n) is 4.85. The molecule has 1 N–H and O–H groups in total. The molecule has 43 heavy (non-hydrogen) atoms. The molecule has 0 radical (unpaired) electrons. The Morgan fingerprint density at radius 1 is 0.884 bits per heavy atom. The van der Waals surface area contributed by atoms with Gasteiger partial charge < -0.3 is 19.3 Å². The van der Waals surface area contributed by atoms with Crippen LogP contribution in [0.2, 0.25) is 0 Å². The van der Waals surface area contributed by atoms with Gasteiger partial charge in [-0.15, -0.1) is 0 Å². The van der Waals surface area contributed by atoms with Gasteiger partial charge in [0.05, 0.1) is 24.6 Å². The molecule has 0 saturated carbocycles. The van der Waals surface area contributed by atoms with Crippen molar-refractivity contribution in [2.75, 3.05) is 0 Å². The van der Waals surface area contributed by atoms with Crippen LogP contribution in [0.1, 0.15) is 40.8 Å². The summed E-state index contributed by atoms with van der Waals surface area (Å²) in [5.74, 6) is -0.626.